The molecule has 74 valence electrons. The highest BCUT2D eigenvalue weighted by Crippen LogP contribution is 2.47. The third kappa shape index (κ3) is 3.59. The van der Waals surface area contributed by atoms with E-state index >= 15 is 0 Å². The summed E-state index contributed by atoms with van der Waals surface area (Å²) in [5, 5.41) is 3.13. The van der Waals surface area contributed by atoms with Gasteiger partial charge in [-0.3, -0.25) is 15.6 Å². The number of hydrogen-bond donors (Lipinski definition) is 3. The molecule has 0 radical (unpaired) electrons. The van der Waals surface area contributed by atoms with Crippen molar-refractivity contribution in [2.45, 2.75) is 26.2 Å². The Morgan fingerprint density at radius 1 is 1.46 bits per heavy atom. The predicted octanol–water partition coefficient (Wildman–Crippen LogP) is 0.302. The summed E-state index contributed by atoms with van der Waals surface area (Å²) in [6, 6.07) is 0. The van der Waals surface area contributed by atoms with E-state index in [9.17, 15) is 4.79 Å². The lowest BCUT2D eigenvalue weighted by molar-refractivity contribution is -0.122. The first-order valence-electron chi connectivity index (χ1n) is 4.32. The fraction of sp³-hybridized carbons (Fsp3) is 0.750. The second-order valence-electron chi connectivity index (χ2n) is 3.74. The Bertz CT molecular complexity index is 225. The average Bonchev–Trinajstić information content (AvgIpc) is 2.79. The van der Waals surface area contributed by atoms with Gasteiger partial charge in [0, 0.05) is 13.5 Å². The van der Waals surface area contributed by atoms with E-state index in [2.05, 4.69) is 23.1 Å². The van der Waals surface area contributed by atoms with Crippen LogP contribution in [0.1, 0.15) is 26.2 Å². The van der Waals surface area contributed by atoms with Crippen molar-refractivity contribution in [3.8, 4) is 0 Å². The van der Waals surface area contributed by atoms with Crippen molar-refractivity contribution in [2.24, 2.45) is 5.41 Å². The molecule has 5 heteroatoms. The van der Waals surface area contributed by atoms with Gasteiger partial charge in [0.05, 0.1) is 0 Å². The topological polar surface area (TPSA) is 53.2 Å². The maximum atomic E-state index is 11.3. The van der Waals surface area contributed by atoms with E-state index in [0.29, 0.717) is 11.5 Å². The van der Waals surface area contributed by atoms with Crippen LogP contribution in [-0.4, -0.2) is 18.1 Å². The molecule has 4 nitrogen and oxygen atoms in total. The molecule has 0 aliphatic heterocycles. The highest BCUT2D eigenvalue weighted by molar-refractivity contribution is 7.80. The number of carbonyl (C=O) groups excluding carboxylic acids is 1. The zero-order valence-electron chi connectivity index (χ0n) is 7.94. The molecule has 0 aromatic carbocycles. The van der Waals surface area contributed by atoms with Crippen LogP contribution in [-0.2, 0) is 4.79 Å². The molecular weight excluding hydrogens is 186 g/mol. The number of thiocarbonyl (C=S) groups is 1. The number of carbonyl (C=O) groups is 1. The fourth-order valence-corrected chi connectivity index (χ4v) is 1.06. The van der Waals surface area contributed by atoms with Crippen molar-refractivity contribution in [3.05, 3.63) is 0 Å². The van der Waals surface area contributed by atoms with Gasteiger partial charge in [-0.1, -0.05) is 6.92 Å². The predicted molar refractivity (Wildman–Crippen MR) is 54.9 cm³/mol. The minimum Gasteiger partial charge on any atom is -0.364 e. The Labute approximate surface area is 83.4 Å². The minimum absolute atomic E-state index is 0.00222. The SMILES string of the molecule is CNC(=S)NNC(=O)CC1(C)CC1. The number of rotatable bonds is 2. The lowest BCUT2D eigenvalue weighted by Crippen LogP contribution is -2.46. The standard InChI is InChI=1S/C8H15N3OS/c1-8(3-4-8)5-6(12)10-11-7(13)9-2/h3-5H2,1-2H3,(H,10,12)(H2,9,11,13). The second-order valence-corrected chi connectivity index (χ2v) is 4.15. The van der Waals surface area contributed by atoms with Gasteiger partial charge in [-0.2, -0.15) is 0 Å². The largest absolute Gasteiger partial charge is 0.364 e. The van der Waals surface area contributed by atoms with Crippen molar-refractivity contribution >= 4 is 23.2 Å². The van der Waals surface area contributed by atoms with Gasteiger partial charge < -0.3 is 5.32 Å². The molecule has 13 heavy (non-hydrogen) atoms. The number of amides is 1. The van der Waals surface area contributed by atoms with Crippen molar-refractivity contribution in [1.82, 2.24) is 16.2 Å². The molecule has 0 aromatic rings. The molecule has 1 fully saturated rings. The first-order valence-corrected chi connectivity index (χ1v) is 4.73. The Morgan fingerprint density at radius 2 is 2.08 bits per heavy atom. The smallest absolute Gasteiger partial charge is 0.238 e. The van der Waals surface area contributed by atoms with E-state index in [1.54, 1.807) is 7.05 Å². The van der Waals surface area contributed by atoms with Crippen molar-refractivity contribution in [2.75, 3.05) is 7.05 Å². The van der Waals surface area contributed by atoms with E-state index in [1.807, 2.05) is 0 Å². The summed E-state index contributed by atoms with van der Waals surface area (Å²) < 4.78 is 0. The van der Waals surface area contributed by atoms with Crippen LogP contribution >= 0.6 is 12.2 Å². The van der Waals surface area contributed by atoms with E-state index in [0.717, 1.165) is 12.8 Å². The first kappa shape index (κ1) is 10.2. The van der Waals surface area contributed by atoms with E-state index in [4.69, 9.17) is 12.2 Å². The van der Waals surface area contributed by atoms with E-state index in [1.165, 1.54) is 0 Å². The molecule has 0 atom stereocenters. The molecule has 0 unspecified atom stereocenters. The highest BCUT2D eigenvalue weighted by Gasteiger charge is 2.39. The Balaban J connectivity index is 2.14. The highest BCUT2D eigenvalue weighted by atomic mass is 32.1. The Kier molecular flexibility index (Phi) is 3.08. The molecule has 1 aliphatic rings. The third-order valence-corrected chi connectivity index (χ3v) is 2.54. The summed E-state index contributed by atoms with van der Waals surface area (Å²) in [7, 11) is 1.70. The average molecular weight is 201 g/mol. The van der Waals surface area contributed by atoms with Crippen LogP contribution in [0.15, 0.2) is 0 Å². The zero-order chi connectivity index (χ0) is 9.90. The first-order chi connectivity index (χ1) is 6.06. The Hall–Kier alpha value is -0.840. The summed E-state index contributed by atoms with van der Waals surface area (Å²) >= 11 is 4.79. The summed E-state index contributed by atoms with van der Waals surface area (Å²) in [6.07, 6.45) is 2.88. The molecule has 0 saturated heterocycles. The van der Waals surface area contributed by atoms with Crippen molar-refractivity contribution < 1.29 is 4.79 Å². The summed E-state index contributed by atoms with van der Waals surface area (Å²) in [6.45, 7) is 2.11. The molecule has 0 spiro atoms. The monoisotopic (exact) mass is 201 g/mol. The van der Waals surface area contributed by atoms with Crippen molar-refractivity contribution in [1.29, 1.82) is 0 Å². The number of nitrogens with one attached hydrogen (secondary N) is 3. The molecule has 3 N–H and O–H groups in total. The number of hydrogen-bond acceptors (Lipinski definition) is 2. The molecular formula is C8H15N3OS. The molecule has 0 heterocycles. The van der Waals surface area contributed by atoms with E-state index < -0.39 is 0 Å². The number of hydrazine groups is 1. The van der Waals surface area contributed by atoms with Gasteiger partial charge in [0.1, 0.15) is 0 Å². The van der Waals surface area contributed by atoms with Gasteiger partial charge in [0.2, 0.25) is 5.91 Å². The van der Waals surface area contributed by atoms with Gasteiger partial charge in [-0.15, -0.1) is 0 Å². The summed E-state index contributed by atoms with van der Waals surface area (Å²) in [5.41, 5.74) is 5.38. The normalized spacial score (nSPS) is 17.4. The van der Waals surface area contributed by atoms with Gasteiger partial charge in [0.25, 0.3) is 0 Å². The molecule has 1 amide bonds. The molecule has 1 rings (SSSR count). The quantitative estimate of drug-likeness (QED) is 0.444. The van der Waals surface area contributed by atoms with Crippen LogP contribution in [0.25, 0.3) is 0 Å². The molecule has 0 aromatic heterocycles. The molecule has 0 bridgehead atoms. The maximum absolute atomic E-state index is 11.3. The van der Waals surface area contributed by atoms with Crippen LogP contribution in [0.3, 0.4) is 0 Å². The summed E-state index contributed by atoms with van der Waals surface area (Å²) in [4.78, 5) is 11.3. The van der Waals surface area contributed by atoms with Gasteiger partial charge in [0.15, 0.2) is 5.11 Å². The zero-order valence-corrected chi connectivity index (χ0v) is 8.75. The third-order valence-electron chi connectivity index (χ3n) is 2.23. The molecule has 1 aliphatic carbocycles. The minimum atomic E-state index is -0.00222. The van der Waals surface area contributed by atoms with Gasteiger partial charge in [-0.05, 0) is 30.5 Å². The molecule has 1 saturated carbocycles. The van der Waals surface area contributed by atoms with Gasteiger partial charge in [-0.25, -0.2) is 0 Å². The van der Waals surface area contributed by atoms with Crippen molar-refractivity contribution in [3.63, 3.8) is 0 Å². The van der Waals surface area contributed by atoms with Crippen LogP contribution < -0.4 is 16.2 Å². The lowest BCUT2D eigenvalue weighted by atomic mass is 10.1. The van der Waals surface area contributed by atoms with E-state index in [-0.39, 0.29) is 11.3 Å². The maximum Gasteiger partial charge on any atom is 0.238 e. The van der Waals surface area contributed by atoms with Crippen LogP contribution in [0, 0.1) is 5.41 Å². The Morgan fingerprint density at radius 3 is 2.54 bits per heavy atom. The van der Waals surface area contributed by atoms with Crippen LogP contribution in [0.5, 0.6) is 0 Å². The summed E-state index contributed by atoms with van der Waals surface area (Å²) in [5.74, 6) is -0.00222. The fourth-order valence-electron chi connectivity index (χ4n) is 1.01. The van der Waals surface area contributed by atoms with Crippen LogP contribution in [0.2, 0.25) is 0 Å². The van der Waals surface area contributed by atoms with Crippen LogP contribution in [0.4, 0.5) is 0 Å². The second kappa shape index (κ2) is 3.91. The lowest BCUT2D eigenvalue weighted by Gasteiger charge is -2.11. The van der Waals surface area contributed by atoms with Gasteiger partial charge >= 0.3 is 0 Å².